The maximum atomic E-state index is 12.2. The Balaban J connectivity index is 1.61. The van der Waals surface area contributed by atoms with Crippen LogP contribution in [0.1, 0.15) is 11.3 Å². The Labute approximate surface area is 123 Å². The van der Waals surface area contributed by atoms with Crippen LogP contribution in [0.3, 0.4) is 0 Å². The molecule has 0 aliphatic carbocycles. The molecular formula is C16H17N3O2. The van der Waals surface area contributed by atoms with Crippen LogP contribution in [0.15, 0.2) is 42.6 Å². The van der Waals surface area contributed by atoms with Crippen LogP contribution in [0.2, 0.25) is 0 Å². The van der Waals surface area contributed by atoms with Crippen molar-refractivity contribution in [2.45, 2.75) is 19.6 Å². The maximum absolute atomic E-state index is 12.2. The second-order valence-corrected chi connectivity index (χ2v) is 4.97. The summed E-state index contributed by atoms with van der Waals surface area (Å²) >= 11 is 0. The third-order valence-corrected chi connectivity index (χ3v) is 3.47. The molecular weight excluding hydrogens is 266 g/mol. The fourth-order valence-corrected chi connectivity index (χ4v) is 2.25. The molecule has 2 heterocycles. The molecule has 1 atom stereocenters. The van der Waals surface area contributed by atoms with Gasteiger partial charge in [-0.1, -0.05) is 18.2 Å². The van der Waals surface area contributed by atoms with E-state index >= 15 is 0 Å². The minimum atomic E-state index is -0.524. The van der Waals surface area contributed by atoms with Crippen LogP contribution in [-0.4, -0.2) is 23.5 Å². The van der Waals surface area contributed by atoms with Crippen LogP contribution < -0.4 is 15.4 Å². The SMILES string of the molecule is Cc1cccnc1CNC(=O)C1CNc2ccccc2O1. The molecule has 5 nitrogen and oxygen atoms in total. The average Bonchev–Trinajstić information content (AvgIpc) is 2.53. The number of amides is 1. The number of benzene rings is 1. The summed E-state index contributed by atoms with van der Waals surface area (Å²) in [4.78, 5) is 16.4. The van der Waals surface area contributed by atoms with Gasteiger partial charge in [-0.15, -0.1) is 0 Å². The highest BCUT2D eigenvalue weighted by molar-refractivity contribution is 5.83. The molecule has 1 aromatic carbocycles. The summed E-state index contributed by atoms with van der Waals surface area (Å²) in [5.41, 5.74) is 2.85. The summed E-state index contributed by atoms with van der Waals surface area (Å²) in [5.74, 6) is 0.569. The number of para-hydroxylation sites is 2. The van der Waals surface area contributed by atoms with Gasteiger partial charge in [0.05, 0.1) is 24.5 Å². The number of aryl methyl sites for hydroxylation is 1. The van der Waals surface area contributed by atoms with Crippen molar-refractivity contribution in [3.8, 4) is 5.75 Å². The zero-order valence-corrected chi connectivity index (χ0v) is 11.8. The number of carbonyl (C=O) groups is 1. The van der Waals surface area contributed by atoms with Crippen LogP contribution in [0.25, 0.3) is 0 Å². The summed E-state index contributed by atoms with van der Waals surface area (Å²) in [7, 11) is 0. The van der Waals surface area contributed by atoms with E-state index in [0.29, 0.717) is 18.8 Å². The smallest absolute Gasteiger partial charge is 0.263 e. The van der Waals surface area contributed by atoms with Crippen LogP contribution in [-0.2, 0) is 11.3 Å². The molecule has 2 N–H and O–H groups in total. The van der Waals surface area contributed by atoms with Crippen LogP contribution in [0.4, 0.5) is 5.69 Å². The van der Waals surface area contributed by atoms with Gasteiger partial charge in [0.25, 0.3) is 5.91 Å². The molecule has 5 heteroatoms. The highest BCUT2D eigenvalue weighted by Crippen LogP contribution is 2.28. The van der Waals surface area contributed by atoms with Gasteiger partial charge in [-0.3, -0.25) is 9.78 Å². The Morgan fingerprint density at radius 3 is 3.10 bits per heavy atom. The topological polar surface area (TPSA) is 63.2 Å². The Hall–Kier alpha value is -2.56. The number of aromatic nitrogens is 1. The van der Waals surface area contributed by atoms with Gasteiger partial charge in [0, 0.05) is 6.20 Å². The lowest BCUT2D eigenvalue weighted by atomic mass is 10.2. The predicted octanol–water partition coefficient (Wildman–Crippen LogP) is 1.88. The molecule has 1 amide bonds. The lowest BCUT2D eigenvalue weighted by molar-refractivity contribution is -0.127. The zero-order chi connectivity index (χ0) is 14.7. The quantitative estimate of drug-likeness (QED) is 0.903. The number of hydrogen-bond acceptors (Lipinski definition) is 4. The lowest BCUT2D eigenvalue weighted by Crippen LogP contribution is -2.44. The highest BCUT2D eigenvalue weighted by Gasteiger charge is 2.25. The van der Waals surface area contributed by atoms with Crippen LogP contribution >= 0.6 is 0 Å². The van der Waals surface area contributed by atoms with E-state index in [1.165, 1.54) is 0 Å². The summed E-state index contributed by atoms with van der Waals surface area (Å²) in [6.45, 7) is 2.85. The van der Waals surface area contributed by atoms with Crippen molar-refractivity contribution >= 4 is 11.6 Å². The Kier molecular flexibility index (Phi) is 3.73. The van der Waals surface area contributed by atoms with Gasteiger partial charge < -0.3 is 15.4 Å². The van der Waals surface area contributed by atoms with Crippen molar-refractivity contribution in [2.24, 2.45) is 0 Å². The summed E-state index contributed by atoms with van der Waals surface area (Å²) in [5, 5.41) is 6.08. The van der Waals surface area contributed by atoms with Crippen molar-refractivity contribution in [3.05, 3.63) is 53.9 Å². The number of anilines is 1. The van der Waals surface area contributed by atoms with E-state index in [1.54, 1.807) is 6.20 Å². The van der Waals surface area contributed by atoms with Gasteiger partial charge in [0.2, 0.25) is 0 Å². The van der Waals surface area contributed by atoms with Crippen LogP contribution in [0, 0.1) is 6.92 Å². The molecule has 0 saturated heterocycles. The molecule has 1 aliphatic rings. The first-order valence-electron chi connectivity index (χ1n) is 6.92. The molecule has 0 bridgehead atoms. The fourth-order valence-electron chi connectivity index (χ4n) is 2.25. The molecule has 1 aromatic heterocycles. The Morgan fingerprint density at radius 1 is 1.38 bits per heavy atom. The van der Waals surface area contributed by atoms with Gasteiger partial charge in [0.15, 0.2) is 6.10 Å². The van der Waals surface area contributed by atoms with E-state index < -0.39 is 6.10 Å². The molecule has 0 fully saturated rings. The van der Waals surface area contributed by atoms with Crippen molar-refractivity contribution in [2.75, 3.05) is 11.9 Å². The van der Waals surface area contributed by atoms with Gasteiger partial charge in [-0.25, -0.2) is 0 Å². The molecule has 1 aliphatic heterocycles. The van der Waals surface area contributed by atoms with Crippen molar-refractivity contribution in [1.29, 1.82) is 0 Å². The second-order valence-electron chi connectivity index (χ2n) is 4.97. The molecule has 3 rings (SSSR count). The molecule has 1 unspecified atom stereocenters. The van der Waals surface area contributed by atoms with Gasteiger partial charge in [0.1, 0.15) is 5.75 Å². The van der Waals surface area contributed by atoms with E-state index in [-0.39, 0.29) is 5.91 Å². The third-order valence-electron chi connectivity index (χ3n) is 3.47. The molecule has 0 radical (unpaired) electrons. The summed E-state index contributed by atoms with van der Waals surface area (Å²) < 4.78 is 5.72. The van der Waals surface area contributed by atoms with Crippen LogP contribution in [0.5, 0.6) is 5.75 Å². The normalized spacial score (nSPS) is 16.3. The number of ether oxygens (including phenoxy) is 1. The fraction of sp³-hybridized carbons (Fsp3) is 0.250. The number of pyridine rings is 1. The monoisotopic (exact) mass is 283 g/mol. The van der Waals surface area contributed by atoms with E-state index in [4.69, 9.17) is 4.74 Å². The first-order chi connectivity index (χ1) is 10.2. The maximum Gasteiger partial charge on any atom is 0.263 e. The molecule has 2 aromatic rings. The minimum Gasteiger partial charge on any atom is -0.477 e. The number of hydrogen-bond donors (Lipinski definition) is 2. The molecule has 108 valence electrons. The van der Waals surface area contributed by atoms with Gasteiger partial charge >= 0.3 is 0 Å². The molecule has 0 saturated carbocycles. The number of nitrogens with one attached hydrogen (secondary N) is 2. The summed E-state index contributed by atoms with van der Waals surface area (Å²) in [6.07, 6.45) is 1.20. The number of rotatable bonds is 3. The van der Waals surface area contributed by atoms with Gasteiger partial charge in [-0.05, 0) is 30.7 Å². The minimum absolute atomic E-state index is 0.137. The summed E-state index contributed by atoms with van der Waals surface area (Å²) in [6, 6.07) is 11.5. The van der Waals surface area contributed by atoms with Crippen molar-refractivity contribution in [1.82, 2.24) is 10.3 Å². The standard InChI is InChI=1S/C16H17N3O2/c1-11-5-4-8-17-13(11)9-19-16(20)15-10-18-12-6-2-3-7-14(12)21-15/h2-8,15,18H,9-10H2,1H3,(H,19,20). The average molecular weight is 283 g/mol. The Morgan fingerprint density at radius 2 is 2.24 bits per heavy atom. The Bertz CT molecular complexity index is 657. The first-order valence-corrected chi connectivity index (χ1v) is 6.92. The number of nitrogens with zero attached hydrogens (tertiary/aromatic N) is 1. The van der Waals surface area contributed by atoms with E-state index in [9.17, 15) is 4.79 Å². The second kappa shape index (κ2) is 5.83. The lowest BCUT2D eigenvalue weighted by Gasteiger charge is -2.26. The van der Waals surface area contributed by atoms with Gasteiger partial charge in [-0.2, -0.15) is 0 Å². The van der Waals surface area contributed by atoms with Crippen molar-refractivity contribution < 1.29 is 9.53 Å². The number of fused-ring (bicyclic) bond motifs is 1. The first kappa shape index (κ1) is 13.4. The predicted molar refractivity (Wildman–Crippen MR) is 80.2 cm³/mol. The van der Waals surface area contributed by atoms with E-state index in [1.807, 2.05) is 43.3 Å². The van der Waals surface area contributed by atoms with Crippen molar-refractivity contribution in [3.63, 3.8) is 0 Å². The van der Waals surface area contributed by atoms with E-state index in [2.05, 4.69) is 15.6 Å². The third kappa shape index (κ3) is 2.97. The molecule has 21 heavy (non-hydrogen) atoms. The zero-order valence-electron chi connectivity index (χ0n) is 11.8. The number of carbonyl (C=O) groups excluding carboxylic acids is 1. The largest absolute Gasteiger partial charge is 0.477 e. The highest BCUT2D eigenvalue weighted by atomic mass is 16.5. The molecule has 0 spiro atoms. The van der Waals surface area contributed by atoms with E-state index in [0.717, 1.165) is 16.9 Å².